The molecule has 3 aromatic rings. The van der Waals surface area contributed by atoms with Crippen molar-refractivity contribution in [1.29, 1.82) is 0 Å². The molecule has 0 saturated heterocycles. The van der Waals surface area contributed by atoms with E-state index in [1.807, 2.05) is 29.0 Å². The van der Waals surface area contributed by atoms with Crippen molar-refractivity contribution in [3.05, 3.63) is 78.3 Å². The van der Waals surface area contributed by atoms with E-state index in [9.17, 15) is 4.39 Å². The van der Waals surface area contributed by atoms with Gasteiger partial charge in [-0.05, 0) is 23.8 Å². The van der Waals surface area contributed by atoms with Gasteiger partial charge in [-0.1, -0.05) is 18.2 Å². The van der Waals surface area contributed by atoms with E-state index in [4.69, 9.17) is 0 Å². The second-order valence-corrected chi connectivity index (χ2v) is 5.36. The molecule has 0 bridgehead atoms. The van der Waals surface area contributed by atoms with Gasteiger partial charge in [0.2, 0.25) is 0 Å². The number of halogens is 1. The van der Waals surface area contributed by atoms with Gasteiger partial charge in [0.1, 0.15) is 18.0 Å². The maximum Gasteiger partial charge on any atom is 0.191 e. The standard InChI is InChI=1S/C18H19FN6/c1-20-18(24-12-15-4-2-3-5-16(15)19)23-11-14-6-7-22-17(10-14)25-9-8-21-13-25/h2-10,13H,11-12H2,1H3,(H2,20,23,24). The molecule has 0 aliphatic rings. The number of nitrogens with zero attached hydrogens (tertiary/aromatic N) is 4. The van der Waals surface area contributed by atoms with Crippen molar-refractivity contribution in [2.75, 3.05) is 7.05 Å². The lowest BCUT2D eigenvalue weighted by molar-refractivity contribution is 0.604. The van der Waals surface area contributed by atoms with Crippen LogP contribution >= 0.6 is 0 Å². The Bertz CT molecular complexity index is 844. The fourth-order valence-corrected chi connectivity index (χ4v) is 2.33. The minimum Gasteiger partial charge on any atom is -0.352 e. The molecule has 128 valence electrons. The number of benzene rings is 1. The Kier molecular flexibility index (Phi) is 5.36. The molecule has 6 nitrogen and oxygen atoms in total. The predicted octanol–water partition coefficient (Wildman–Crippen LogP) is 2.27. The summed E-state index contributed by atoms with van der Waals surface area (Å²) in [5.41, 5.74) is 1.64. The highest BCUT2D eigenvalue weighted by molar-refractivity contribution is 5.79. The van der Waals surface area contributed by atoms with Crippen LogP contribution in [0.2, 0.25) is 0 Å². The van der Waals surface area contributed by atoms with Gasteiger partial charge in [0, 0.05) is 44.3 Å². The minimum absolute atomic E-state index is 0.232. The van der Waals surface area contributed by atoms with E-state index in [1.165, 1.54) is 6.07 Å². The maximum atomic E-state index is 13.7. The first-order valence-corrected chi connectivity index (χ1v) is 7.87. The molecule has 25 heavy (non-hydrogen) atoms. The van der Waals surface area contributed by atoms with Gasteiger partial charge in [0.15, 0.2) is 5.96 Å². The molecule has 0 aliphatic carbocycles. The van der Waals surface area contributed by atoms with Crippen molar-refractivity contribution in [3.63, 3.8) is 0 Å². The van der Waals surface area contributed by atoms with Gasteiger partial charge in [-0.25, -0.2) is 14.4 Å². The summed E-state index contributed by atoms with van der Waals surface area (Å²) >= 11 is 0. The third-order valence-electron chi connectivity index (χ3n) is 3.67. The van der Waals surface area contributed by atoms with Crippen LogP contribution in [-0.2, 0) is 13.1 Å². The minimum atomic E-state index is -0.232. The van der Waals surface area contributed by atoms with E-state index in [1.54, 1.807) is 37.9 Å². The second kappa shape index (κ2) is 8.05. The largest absolute Gasteiger partial charge is 0.352 e. The Morgan fingerprint density at radius 1 is 1.16 bits per heavy atom. The number of imidazole rings is 1. The van der Waals surface area contributed by atoms with Crippen LogP contribution in [0.4, 0.5) is 4.39 Å². The summed E-state index contributed by atoms with van der Waals surface area (Å²) in [5.74, 6) is 1.17. The van der Waals surface area contributed by atoms with E-state index >= 15 is 0 Å². The van der Waals surface area contributed by atoms with Gasteiger partial charge in [-0.3, -0.25) is 9.56 Å². The third kappa shape index (κ3) is 4.41. The highest BCUT2D eigenvalue weighted by Gasteiger charge is 2.04. The van der Waals surface area contributed by atoms with Crippen molar-refractivity contribution in [2.24, 2.45) is 4.99 Å². The third-order valence-corrected chi connectivity index (χ3v) is 3.67. The molecule has 0 saturated carbocycles. The van der Waals surface area contributed by atoms with Crippen LogP contribution in [0, 0.1) is 5.82 Å². The van der Waals surface area contributed by atoms with Crippen LogP contribution in [-0.4, -0.2) is 27.5 Å². The summed E-state index contributed by atoms with van der Waals surface area (Å²) in [6.45, 7) is 0.935. The van der Waals surface area contributed by atoms with Gasteiger partial charge >= 0.3 is 0 Å². The van der Waals surface area contributed by atoms with Crippen LogP contribution in [0.15, 0.2) is 66.3 Å². The molecule has 3 rings (SSSR count). The Morgan fingerprint density at radius 2 is 2.00 bits per heavy atom. The first-order valence-electron chi connectivity index (χ1n) is 7.87. The average molecular weight is 338 g/mol. The summed E-state index contributed by atoms with van der Waals surface area (Å²) in [6.07, 6.45) is 7.01. The monoisotopic (exact) mass is 338 g/mol. The van der Waals surface area contributed by atoms with Crippen molar-refractivity contribution in [2.45, 2.75) is 13.1 Å². The quantitative estimate of drug-likeness (QED) is 0.553. The summed E-state index contributed by atoms with van der Waals surface area (Å²) < 4.78 is 15.5. The topological polar surface area (TPSA) is 67.1 Å². The SMILES string of the molecule is CN=C(NCc1ccnc(-n2ccnc2)c1)NCc1ccccc1F. The Hall–Kier alpha value is -3.22. The summed E-state index contributed by atoms with van der Waals surface area (Å²) in [4.78, 5) is 12.5. The van der Waals surface area contributed by atoms with E-state index in [2.05, 4.69) is 25.6 Å². The van der Waals surface area contributed by atoms with Gasteiger partial charge in [0.05, 0.1) is 0 Å². The number of hydrogen-bond donors (Lipinski definition) is 2. The molecule has 7 heteroatoms. The van der Waals surface area contributed by atoms with Crippen LogP contribution < -0.4 is 10.6 Å². The first-order chi connectivity index (χ1) is 12.3. The zero-order chi connectivity index (χ0) is 17.5. The summed E-state index contributed by atoms with van der Waals surface area (Å²) in [5, 5.41) is 6.32. The first kappa shape index (κ1) is 16.6. The number of aromatic nitrogens is 3. The lowest BCUT2D eigenvalue weighted by atomic mass is 10.2. The lowest BCUT2D eigenvalue weighted by Crippen LogP contribution is -2.36. The highest BCUT2D eigenvalue weighted by Crippen LogP contribution is 2.07. The van der Waals surface area contributed by atoms with Crippen LogP contribution in [0.3, 0.4) is 0 Å². The molecule has 0 fully saturated rings. The number of guanidine groups is 1. The smallest absolute Gasteiger partial charge is 0.191 e. The van der Waals surface area contributed by atoms with Crippen molar-refractivity contribution in [1.82, 2.24) is 25.2 Å². The molecule has 0 atom stereocenters. The van der Waals surface area contributed by atoms with Gasteiger partial charge in [-0.2, -0.15) is 0 Å². The fourth-order valence-electron chi connectivity index (χ4n) is 2.33. The van der Waals surface area contributed by atoms with E-state index in [-0.39, 0.29) is 5.82 Å². The zero-order valence-electron chi connectivity index (χ0n) is 13.9. The molecule has 0 unspecified atom stereocenters. The Labute approximate surface area is 145 Å². The van der Waals surface area contributed by atoms with Gasteiger partial charge in [0.25, 0.3) is 0 Å². The van der Waals surface area contributed by atoms with E-state index in [0.29, 0.717) is 24.6 Å². The number of nitrogens with one attached hydrogen (secondary N) is 2. The molecular formula is C18H19FN6. The number of hydrogen-bond acceptors (Lipinski definition) is 3. The van der Waals surface area contributed by atoms with Crippen LogP contribution in [0.1, 0.15) is 11.1 Å². The molecule has 0 aliphatic heterocycles. The molecule has 2 heterocycles. The lowest BCUT2D eigenvalue weighted by Gasteiger charge is -2.13. The van der Waals surface area contributed by atoms with E-state index in [0.717, 1.165) is 11.4 Å². The number of aliphatic imine (C=N–C) groups is 1. The number of rotatable bonds is 5. The molecule has 0 spiro atoms. The molecule has 1 aromatic carbocycles. The predicted molar refractivity (Wildman–Crippen MR) is 94.8 cm³/mol. The van der Waals surface area contributed by atoms with Gasteiger partial charge in [-0.15, -0.1) is 0 Å². The Morgan fingerprint density at radius 3 is 2.76 bits per heavy atom. The Balaban J connectivity index is 1.58. The second-order valence-electron chi connectivity index (χ2n) is 5.36. The molecule has 0 amide bonds. The maximum absolute atomic E-state index is 13.7. The summed E-state index contributed by atoms with van der Waals surface area (Å²) in [7, 11) is 1.68. The van der Waals surface area contributed by atoms with Crippen molar-refractivity contribution >= 4 is 5.96 Å². The molecule has 2 N–H and O–H groups in total. The molecule has 0 radical (unpaired) electrons. The van der Waals surface area contributed by atoms with E-state index < -0.39 is 0 Å². The van der Waals surface area contributed by atoms with Crippen LogP contribution in [0.5, 0.6) is 0 Å². The van der Waals surface area contributed by atoms with Crippen molar-refractivity contribution in [3.8, 4) is 5.82 Å². The average Bonchev–Trinajstić information content (AvgIpc) is 3.18. The molecule has 2 aromatic heterocycles. The number of pyridine rings is 1. The van der Waals surface area contributed by atoms with Crippen molar-refractivity contribution < 1.29 is 4.39 Å². The van der Waals surface area contributed by atoms with Crippen LogP contribution in [0.25, 0.3) is 5.82 Å². The zero-order valence-corrected chi connectivity index (χ0v) is 13.9. The summed E-state index contributed by atoms with van der Waals surface area (Å²) in [6, 6.07) is 10.6. The van der Waals surface area contributed by atoms with Gasteiger partial charge < -0.3 is 10.6 Å². The molecular weight excluding hydrogens is 319 g/mol. The highest BCUT2D eigenvalue weighted by atomic mass is 19.1. The normalized spacial score (nSPS) is 11.4. The fraction of sp³-hybridized carbons (Fsp3) is 0.167.